The predicted molar refractivity (Wildman–Crippen MR) is 68.8 cm³/mol. The van der Waals surface area contributed by atoms with Crippen LogP contribution in [0.2, 0.25) is 0 Å². The minimum absolute atomic E-state index is 0.239. The first-order chi connectivity index (χ1) is 8.11. The van der Waals surface area contributed by atoms with Crippen molar-refractivity contribution in [2.45, 2.75) is 65.0 Å². The molecule has 96 valence electrons. The first kappa shape index (κ1) is 12.6. The van der Waals surface area contributed by atoms with Crippen molar-refractivity contribution in [3.8, 4) is 0 Å². The van der Waals surface area contributed by atoms with Crippen molar-refractivity contribution >= 4 is 0 Å². The molecule has 2 N–H and O–H groups in total. The lowest BCUT2D eigenvalue weighted by atomic mass is 9.80. The van der Waals surface area contributed by atoms with Crippen molar-refractivity contribution in [2.24, 2.45) is 11.7 Å². The van der Waals surface area contributed by atoms with Crippen LogP contribution in [-0.4, -0.2) is 20.8 Å². The normalized spacial score (nSPS) is 29.5. The Balaban J connectivity index is 2.14. The molecule has 0 aliphatic heterocycles. The van der Waals surface area contributed by atoms with Gasteiger partial charge in [-0.3, -0.25) is 0 Å². The van der Waals surface area contributed by atoms with Crippen molar-refractivity contribution < 1.29 is 0 Å². The molecular weight excluding hydrogens is 212 g/mol. The van der Waals surface area contributed by atoms with Gasteiger partial charge in [-0.1, -0.05) is 19.8 Å². The van der Waals surface area contributed by atoms with E-state index in [0.29, 0.717) is 6.04 Å². The second-order valence-electron chi connectivity index (χ2n) is 5.35. The molecule has 0 bridgehead atoms. The Morgan fingerprint density at radius 1 is 1.35 bits per heavy atom. The lowest BCUT2D eigenvalue weighted by Gasteiger charge is -2.34. The quantitative estimate of drug-likeness (QED) is 0.876. The molecule has 1 aliphatic carbocycles. The standard InChI is InChI=1S/C13H24N4/c1-4-5-11-6-7-12(14)13(8-11)17-10(3)15-9(2)16-17/h11-13H,4-8,14H2,1-3H3. The van der Waals surface area contributed by atoms with Gasteiger partial charge in [0, 0.05) is 6.04 Å². The highest BCUT2D eigenvalue weighted by Crippen LogP contribution is 2.34. The highest BCUT2D eigenvalue weighted by atomic mass is 15.4. The summed E-state index contributed by atoms with van der Waals surface area (Å²) in [7, 11) is 0. The maximum absolute atomic E-state index is 6.26. The molecule has 0 aromatic carbocycles. The first-order valence-corrected chi connectivity index (χ1v) is 6.77. The van der Waals surface area contributed by atoms with E-state index in [1.807, 2.05) is 13.8 Å². The minimum Gasteiger partial charge on any atom is -0.326 e. The van der Waals surface area contributed by atoms with Crippen molar-refractivity contribution in [3.63, 3.8) is 0 Å². The lowest BCUT2D eigenvalue weighted by Crippen LogP contribution is -2.38. The van der Waals surface area contributed by atoms with Crippen molar-refractivity contribution in [1.29, 1.82) is 0 Å². The third-order valence-electron chi connectivity index (χ3n) is 3.90. The van der Waals surface area contributed by atoms with Crippen LogP contribution in [-0.2, 0) is 0 Å². The third-order valence-corrected chi connectivity index (χ3v) is 3.90. The summed E-state index contributed by atoms with van der Waals surface area (Å²) in [6.07, 6.45) is 6.14. The molecule has 0 spiro atoms. The molecule has 1 aliphatic rings. The van der Waals surface area contributed by atoms with E-state index in [0.717, 1.165) is 24.0 Å². The monoisotopic (exact) mass is 236 g/mol. The molecule has 17 heavy (non-hydrogen) atoms. The van der Waals surface area contributed by atoms with E-state index in [4.69, 9.17) is 5.73 Å². The maximum Gasteiger partial charge on any atom is 0.147 e. The lowest BCUT2D eigenvalue weighted by molar-refractivity contribution is 0.209. The number of nitrogens with zero attached hydrogens (tertiary/aromatic N) is 3. The highest BCUT2D eigenvalue weighted by molar-refractivity contribution is 4.95. The third kappa shape index (κ3) is 2.68. The SMILES string of the molecule is CCCC1CCC(N)C(n2nc(C)nc2C)C1. The largest absolute Gasteiger partial charge is 0.326 e. The van der Waals surface area contributed by atoms with Gasteiger partial charge in [0.25, 0.3) is 0 Å². The smallest absolute Gasteiger partial charge is 0.147 e. The Bertz CT molecular complexity index is 371. The van der Waals surface area contributed by atoms with E-state index in [9.17, 15) is 0 Å². The predicted octanol–water partition coefficient (Wildman–Crippen LogP) is 2.36. The van der Waals surface area contributed by atoms with Gasteiger partial charge in [0.1, 0.15) is 11.6 Å². The number of hydrogen-bond donors (Lipinski definition) is 1. The van der Waals surface area contributed by atoms with Gasteiger partial charge in [-0.15, -0.1) is 0 Å². The van der Waals surface area contributed by atoms with Crippen molar-refractivity contribution in [1.82, 2.24) is 14.8 Å². The molecule has 3 unspecified atom stereocenters. The van der Waals surface area contributed by atoms with Gasteiger partial charge in [0.15, 0.2) is 0 Å². The van der Waals surface area contributed by atoms with E-state index in [1.54, 1.807) is 0 Å². The molecule has 0 saturated heterocycles. The van der Waals surface area contributed by atoms with Crippen LogP contribution in [0.15, 0.2) is 0 Å². The summed E-state index contributed by atoms with van der Waals surface area (Å²) in [6.45, 7) is 6.23. The second-order valence-corrected chi connectivity index (χ2v) is 5.35. The van der Waals surface area contributed by atoms with E-state index in [1.165, 1.54) is 25.7 Å². The number of aryl methyl sites for hydroxylation is 2. The van der Waals surface area contributed by atoms with Crippen LogP contribution in [0.4, 0.5) is 0 Å². The zero-order valence-electron chi connectivity index (χ0n) is 11.2. The zero-order valence-corrected chi connectivity index (χ0v) is 11.2. The van der Waals surface area contributed by atoms with Crippen molar-refractivity contribution in [3.05, 3.63) is 11.6 Å². The molecule has 1 saturated carbocycles. The fraction of sp³-hybridized carbons (Fsp3) is 0.846. The van der Waals surface area contributed by atoms with E-state index in [2.05, 4.69) is 21.7 Å². The molecule has 4 nitrogen and oxygen atoms in total. The van der Waals surface area contributed by atoms with Crippen LogP contribution in [0.25, 0.3) is 0 Å². The number of aromatic nitrogens is 3. The van der Waals surface area contributed by atoms with Crippen LogP contribution in [0.1, 0.15) is 56.7 Å². The Morgan fingerprint density at radius 3 is 2.71 bits per heavy atom. The van der Waals surface area contributed by atoms with Gasteiger partial charge < -0.3 is 5.73 Å². The van der Waals surface area contributed by atoms with E-state index < -0.39 is 0 Å². The Labute approximate surface area is 104 Å². The summed E-state index contributed by atoms with van der Waals surface area (Å²) < 4.78 is 2.06. The molecule has 1 fully saturated rings. The van der Waals surface area contributed by atoms with Crippen molar-refractivity contribution in [2.75, 3.05) is 0 Å². The number of rotatable bonds is 3. The van der Waals surface area contributed by atoms with Gasteiger partial charge >= 0.3 is 0 Å². The van der Waals surface area contributed by atoms with Crippen LogP contribution in [0.3, 0.4) is 0 Å². The fourth-order valence-corrected chi connectivity index (χ4v) is 3.06. The Morgan fingerprint density at radius 2 is 2.12 bits per heavy atom. The van der Waals surface area contributed by atoms with Gasteiger partial charge in [-0.2, -0.15) is 5.10 Å². The van der Waals surface area contributed by atoms with Crippen LogP contribution >= 0.6 is 0 Å². The molecule has 0 radical (unpaired) electrons. The molecule has 4 heteroatoms. The average molecular weight is 236 g/mol. The summed E-state index contributed by atoms with van der Waals surface area (Å²) in [4.78, 5) is 4.39. The molecule has 1 aromatic heterocycles. The summed E-state index contributed by atoms with van der Waals surface area (Å²) >= 11 is 0. The molecule has 1 heterocycles. The van der Waals surface area contributed by atoms with Gasteiger partial charge in [-0.05, 0) is 39.0 Å². The summed E-state index contributed by atoms with van der Waals surface area (Å²) in [5.74, 6) is 2.67. The number of nitrogens with two attached hydrogens (primary N) is 1. The topological polar surface area (TPSA) is 56.7 Å². The Kier molecular flexibility index (Phi) is 3.82. The van der Waals surface area contributed by atoms with Gasteiger partial charge in [0.2, 0.25) is 0 Å². The fourth-order valence-electron chi connectivity index (χ4n) is 3.06. The van der Waals surface area contributed by atoms with Crippen LogP contribution in [0.5, 0.6) is 0 Å². The first-order valence-electron chi connectivity index (χ1n) is 6.77. The Hall–Kier alpha value is -0.900. The van der Waals surface area contributed by atoms with Gasteiger partial charge in [0.05, 0.1) is 6.04 Å². The average Bonchev–Trinajstić information content (AvgIpc) is 2.61. The van der Waals surface area contributed by atoms with E-state index in [-0.39, 0.29) is 6.04 Å². The summed E-state index contributed by atoms with van der Waals surface area (Å²) in [5, 5.41) is 4.50. The zero-order chi connectivity index (χ0) is 12.4. The summed E-state index contributed by atoms with van der Waals surface area (Å²) in [5.41, 5.74) is 6.26. The molecule has 0 amide bonds. The summed E-state index contributed by atoms with van der Waals surface area (Å²) in [6, 6.07) is 0.587. The minimum atomic E-state index is 0.239. The van der Waals surface area contributed by atoms with E-state index >= 15 is 0 Å². The molecule has 1 aromatic rings. The molecule has 2 rings (SSSR count). The molecule has 3 atom stereocenters. The van der Waals surface area contributed by atoms with Crippen LogP contribution < -0.4 is 5.73 Å². The maximum atomic E-state index is 6.26. The van der Waals surface area contributed by atoms with Crippen LogP contribution in [0, 0.1) is 19.8 Å². The highest BCUT2D eigenvalue weighted by Gasteiger charge is 2.30. The number of hydrogen-bond acceptors (Lipinski definition) is 3. The second kappa shape index (κ2) is 5.17. The molecular formula is C13H24N4. The van der Waals surface area contributed by atoms with Gasteiger partial charge in [-0.25, -0.2) is 9.67 Å².